The molecule has 0 heterocycles. The number of hydrogen-bond donors (Lipinski definition) is 2. The third-order valence-electron chi connectivity index (χ3n) is 1.01. The maximum Gasteiger partial charge on any atom is 0.182 e. The Morgan fingerprint density at radius 3 is 2.40 bits per heavy atom. The molecule has 0 amide bonds. The number of allylic oxidation sites excluding steroid dienone is 1. The van der Waals surface area contributed by atoms with Gasteiger partial charge in [0, 0.05) is 0 Å². The predicted molar refractivity (Wildman–Crippen MR) is 47.4 cm³/mol. The summed E-state index contributed by atoms with van der Waals surface area (Å²) >= 11 is 1.32. The summed E-state index contributed by atoms with van der Waals surface area (Å²) in [5, 5.41) is 3.67. The Kier molecular flexibility index (Phi) is 3.95. The maximum atomic E-state index is 5.34. The Labute approximate surface area is 65.5 Å². The summed E-state index contributed by atoms with van der Waals surface area (Å²) in [4.78, 5) is 0.978. The minimum absolute atomic E-state index is 0.360. The van der Waals surface area contributed by atoms with E-state index in [1.54, 1.807) is 0 Å². The van der Waals surface area contributed by atoms with Gasteiger partial charge in [-0.05, 0) is 10.8 Å². The van der Waals surface area contributed by atoms with Gasteiger partial charge in [0.15, 0.2) is 5.17 Å². The zero-order valence-corrected chi connectivity index (χ0v) is 7.11. The summed E-state index contributed by atoms with van der Waals surface area (Å²) in [5.74, 6) is 5.33. The second-order valence-electron chi connectivity index (χ2n) is 2.19. The van der Waals surface area contributed by atoms with Crippen molar-refractivity contribution in [3.05, 3.63) is 11.5 Å². The smallest absolute Gasteiger partial charge is 0.182 e. The molecule has 0 aliphatic heterocycles. The fraction of sp³-hybridized carbons (Fsp3) is 0.500. The first-order valence-corrected chi connectivity index (χ1v) is 3.79. The molecule has 0 aromatic carbocycles. The van der Waals surface area contributed by atoms with Crippen LogP contribution in [-0.4, -0.2) is 5.17 Å². The average Bonchev–Trinajstić information content (AvgIpc) is 1.87. The highest BCUT2D eigenvalue weighted by Gasteiger charge is 2.02. The lowest BCUT2D eigenvalue weighted by Crippen LogP contribution is -2.10. The van der Waals surface area contributed by atoms with Crippen molar-refractivity contribution >= 4 is 16.9 Å². The lowest BCUT2D eigenvalue weighted by atomic mass is 10.2. The maximum absolute atomic E-state index is 5.34. The Morgan fingerprint density at radius 1 is 1.60 bits per heavy atom. The van der Waals surface area contributed by atoms with E-state index in [0.29, 0.717) is 11.1 Å². The van der Waals surface area contributed by atoms with Crippen molar-refractivity contribution in [2.45, 2.75) is 13.8 Å². The van der Waals surface area contributed by atoms with Crippen molar-refractivity contribution in [3.63, 3.8) is 0 Å². The van der Waals surface area contributed by atoms with Crippen LogP contribution in [0.1, 0.15) is 13.8 Å². The van der Waals surface area contributed by atoms with Gasteiger partial charge in [-0.2, -0.15) is 5.10 Å². The van der Waals surface area contributed by atoms with Crippen LogP contribution in [0, 0.1) is 5.92 Å². The third-order valence-corrected chi connectivity index (χ3v) is 2.05. The topological polar surface area (TPSA) is 64.4 Å². The van der Waals surface area contributed by atoms with Crippen molar-refractivity contribution in [3.8, 4) is 0 Å². The molecule has 0 spiro atoms. The van der Waals surface area contributed by atoms with Gasteiger partial charge in [0.2, 0.25) is 0 Å². The van der Waals surface area contributed by atoms with Crippen LogP contribution in [0.15, 0.2) is 16.6 Å². The fourth-order valence-electron chi connectivity index (χ4n) is 0.279. The number of thioether (sulfide) groups is 1. The quantitative estimate of drug-likeness (QED) is 0.274. The van der Waals surface area contributed by atoms with Gasteiger partial charge in [-0.1, -0.05) is 32.2 Å². The van der Waals surface area contributed by atoms with Gasteiger partial charge >= 0.3 is 0 Å². The van der Waals surface area contributed by atoms with Crippen molar-refractivity contribution in [2.75, 3.05) is 0 Å². The number of nitrogens with two attached hydrogens (primary N) is 2. The van der Waals surface area contributed by atoms with Crippen molar-refractivity contribution in [2.24, 2.45) is 22.6 Å². The predicted octanol–water partition coefficient (Wildman–Crippen LogP) is 1.08. The summed E-state index contributed by atoms with van der Waals surface area (Å²) in [7, 11) is 0. The van der Waals surface area contributed by atoms with E-state index in [4.69, 9.17) is 11.6 Å². The molecule has 58 valence electrons. The van der Waals surface area contributed by atoms with Crippen molar-refractivity contribution < 1.29 is 0 Å². The molecule has 0 bridgehead atoms. The molecular formula is C6H13N3S. The molecule has 10 heavy (non-hydrogen) atoms. The first-order valence-electron chi connectivity index (χ1n) is 2.98. The van der Waals surface area contributed by atoms with Gasteiger partial charge < -0.3 is 11.6 Å². The highest BCUT2D eigenvalue weighted by atomic mass is 32.2. The SMILES string of the molecule is C=C(S/C(N)=N\N)C(C)C. The average molecular weight is 159 g/mol. The monoisotopic (exact) mass is 159 g/mol. The molecule has 0 aromatic heterocycles. The van der Waals surface area contributed by atoms with Crippen LogP contribution in [-0.2, 0) is 0 Å². The molecule has 4 heteroatoms. The summed E-state index contributed by atoms with van der Waals surface area (Å²) in [5.41, 5.74) is 5.34. The van der Waals surface area contributed by atoms with Crippen molar-refractivity contribution in [1.82, 2.24) is 0 Å². The molecule has 0 aliphatic rings. The van der Waals surface area contributed by atoms with E-state index < -0.39 is 0 Å². The van der Waals surface area contributed by atoms with Gasteiger partial charge in [0.1, 0.15) is 0 Å². The van der Waals surface area contributed by atoms with Crippen LogP contribution in [0.25, 0.3) is 0 Å². The van der Waals surface area contributed by atoms with Crippen LogP contribution in [0.5, 0.6) is 0 Å². The van der Waals surface area contributed by atoms with E-state index in [1.165, 1.54) is 11.8 Å². The van der Waals surface area contributed by atoms with Crippen LogP contribution in [0.3, 0.4) is 0 Å². The Balaban J connectivity index is 3.81. The van der Waals surface area contributed by atoms with Gasteiger partial charge in [-0.15, -0.1) is 0 Å². The summed E-state index contributed by atoms with van der Waals surface area (Å²) in [6.07, 6.45) is 0. The van der Waals surface area contributed by atoms with Crippen LogP contribution in [0.2, 0.25) is 0 Å². The standard InChI is InChI=1S/C6H13N3S/c1-4(2)5(3)10-6(7)9-8/h4H,3,8H2,1-2H3,(H2,7,9). The molecule has 0 unspecified atom stereocenters. The minimum atomic E-state index is 0.360. The highest BCUT2D eigenvalue weighted by Crippen LogP contribution is 2.20. The van der Waals surface area contributed by atoms with E-state index in [0.717, 1.165) is 4.91 Å². The zero-order chi connectivity index (χ0) is 8.15. The van der Waals surface area contributed by atoms with Crippen molar-refractivity contribution in [1.29, 1.82) is 0 Å². The fourth-order valence-corrected chi connectivity index (χ4v) is 0.836. The van der Waals surface area contributed by atoms with Crippen LogP contribution >= 0.6 is 11.8 Å². The normalized spacial score (nSPS) is 12.1. The Bertz CT molecular complexity index is 151. The van der Waals surface area contributed by atoms with Crippen LogP contribution in [0.4, 0.5) is 0 Å². The number of amidine groups is 1. The van der Waals surface area contributed by atoms with Crippen LogP contribution < -0.4 is 11.6 Å². The zero-order valence-electron chi connectivity index (χ0n) is 6.29. The molecule has 3 nitrogen and oxygen atoms in total. The number of nitrogens with zero attached hydrogens (tertiary/aromatic N) is 1. The van der Waals surface area contributed by atoms with E-state index in [2.05, 4.69) is 11.7 Å². The molecule has 0 aliphatic carbocycles. The molecule has 0 radical (unpaired) electrons. The molecule has 0 aromatic rings. The molecular weight excluding hydrogens is 146 g/mol. The summed E-state index contributed by atoms with van der Waals surface area (Å²) in [6, 6.07) is 0. The molecule has 0 atom stereocenters. The van der Waals surface area contributed by atoms with E-state index in [-0.39, 0.29) is 0 Å². The Hall–Kier alpha value is -0.640. The first-order chi connectivity index (χ1) is 4.57. The molecule has 0 fully saturated rings. The lowest BCUT2D eigenvalue weighted by Gasteiger charge is -2.05. The molecule has 0 saturated heterocycles. The third kappa shape index (κ3) is 3.40. The number of hydrazone groups is 1. The largest absolute Gasteiger partial charge is 0.377 e. The van der Waals surface area contributed by atoms with Gasteiger partial charge in [-0.25, -0.2) is 0 Å². The number of rotatable bonds is 2. The highest BCUT2D eigenvalue weighted by molar-refractivity contribution is 8.17. The first kappa shape index (κ1) is 9.36. The second-order valence-corrected chi connectivity index (χ2v) is 3.34. The molecule has 0 rings (SSSR count). The summed E-state index contributed by atoms with van der Waals surface area (Å²) < 4.78 is 0. The minimum Gasteiger partial charge on any atom is -0.377 e. The van der Waals surface area contributed by atoms with Gasteiger partial charge in [0.25, 0.3) is 0 Å². The lowest BCUT2D eigenvalue weighted by molar-refractivity contribution is 0.821. The molecule has 0 saturated carbocycles. The number of hydrogen-bond acceptors (Lipinski definition) is 3. The Morgan fingerprint density at radius 2 is 2.10 bits per heavy atom. The van der Waals surface area contributed by atoms with E-state index in [1.807, 2.05) is 13.8 Å². The van der Waals surface area contributed by atoms with E-state index in [9.17, 15) is 0 Å². The van der Waals surface area contributed by atoms with Gasteiger partial charge in [0.05, 0.1) is 0 Å². The van der Waals surface area contributed by atoms with Gasteiger partial charge in [-0.3, -0.25) is 0 Å². The molecule has 4 N–H and O–H groups in total. The van der Waals surface area contributed by atoms with E-state index >= 15 is 0 Å². The summed E-state index contributed by atoms with van der Waals surface area (Å²) in [6.45, 7) is 7.87. The second kappa shape index (κ2) is 4.22.